The molecule has 4 rings (SSSR count). The van der Waals surface area contributed by atoms with Crippen LogP contribution in [-0.2, 0) is 0 Å². The number of benzene rings is 1. The fourth-order valence-electron chi connectivity index (χ4n) is 3.11. The summed E-state index contributed by atoms with van der Waals surface area (Å²) in [5.74, 6) is -0.753. The van der Waals surface area contributed by atoms with Crippen LogP contribution in [0.15, 0.2) is 47.5 Å². The molecule has 0 spiro atoms. The van der Waals surface area contributed by atoms with Crippen LogP contribution in [0.2, 0.25) is 0 Å². The van der Waals surface area contributed by atoms with Crippen LogP contribution < -0.4 is 20.3 Å². The Morgan fingerprint density at radius 2 is 1.84 bits per heavy atom. The lowest BCUT2D eigenvalue weighted by molar-refractivity contribution is -0.286. The number of aromatic amines is 1. The number of hydrogen-bond donors (Lipinski definition) is 2. The molecular weight excluding hydrogens is 412 g/mol. The van der Waals surface area contributed by atoms with Gasteiger partial charge in [-0.25, -0.2) is 15.0 Å². The van der Waals surface area contributed by atoms with Crippen molar-refractivity contribution in [2.75, 3.05) is 0 Å². The normalized spacial score (nSPS) is 15.0. The van der Waals surface area contributed by atoms with Gasteiger partial charge in [0, 0.05) is 18.5 Å². The summed E-state index contributed by atoms with van der Waals surface area (Å²) >= 11 is 0. The minimum Gasteiger partial charge on any atom is -0.395 e. The topological polar surface area (TPSA) is 119 Å². The molecule has 1 amide bonds. The van der Waals surface area contributed by atoms with Gasteiger partial charge in [-0.2, -0.15) is 0 Å². The van der Waals surface area contributed by atoms with E-state index in [0.29, 0.717) is 5.56 Å². The zero-order valence-corrected chi connectivity index (χ0v) is 16.4. The summed E-state index contributed by atoms with van der Waals surface area (Å²) in [5.41, 5.74) is -0.155. The number of amides is 1. The summed E-state index contributed by atoms with van der Waals surface area (Å²) < 4.78 is 35.5. The molecule has 1 aliphatic heterocycles. The smallest absolute Gasteiger partial charge is 0.395 e. The summed E-state index contributed by atoms with van der Waals surface area (Å²) in [7, 11) is 0. The van der Waals surface area contributed by atoms with E-state index in [1.54, 1.807) is 12.1 Å². The summed E-state index contributed by atoms with van der Waals surface area (Å²) in [4.78, 5) is 39.6. The first-order valence-corrected chi connectivity index (χ1v) is 9.31. The molecule has 0 aliphatic carbocycles. The molecule has 11 heteroatoms. The van der Waals surface area contributed by atoms with Crippen molar-refractivity contribution in [3.63, 3.8) is 0 Å². The number of ether oxygens (including phenoxy) is 2. The van der Waals surface area contributed by atoms with Crippen molar-refractivity contribution in [3.05, 3.63) is 64.3 Å². The molecule has 31 heavy (non-hydrogen) atoms. The molecule has 0 fully saturated rings. The number of nitrogens with one attached hydrogen (secondary N) is 2. The monoisotopic (exact) mass is 429 g/mol. The average molecular weight is 429 g/mol. The molecule has 3 heterocycles. The third-order valence-corrected chi connectivity index (χ3v) is 4.49. The van der Waals surface area contributed by atoms with Crippen LogP contribution >= 0.6 is 0 Å². The van der Waals surface area contributed by atoms with E-state index in [0.717, 1.165) is 6.07 Å². The van der Waals surface area contributed by atoms with Crippen LogP contribution in [0.1, 0.15) is 35.9 Å². The Labute approximate surface area is 174 Å². The molecular formula is C20H17F2N5O4. The maximum atomic E-state index is 13.3. The average Bonchev–Trinajstić information content (AvgIpc) is 3.04. The van der Waals surface area contributed by atoms with Gasteiger partial charge in [0.2, 0.25) is 0 Å². The Morgan fingerprint density at radius 3 is 2.55 bits per heavy atom. The Hall–Kier alpha value is -3.89. The molecule has 0 radical (unpaired) electrons. The number of carbonyl (C=O) groups excluding carboxylic acids is 1. The first-order valence-electron chi connectivity index (χ1n) is 9.31. The number of nitrogens with zero attached hydrogens (tertiary/aromatic N) is 3. The van der Waals surface area contributed by atoms with Gasteiger partial charge in [-0.15, -0.1) is 8.78 Å². The SMILES string of the molecule is CC(C)[C@@H](NC(=O)c1cc(=O)[nH]c(-c2ncccn2)n1)c1ccc2c(c1)OC(F)(F)O2. The van der Waals surface area contributed by atoms with Gasteiger partial charge in [0.25, 0.3) is 11.5 Å². The first-order chi connectivity index (χ1) is 14.7. The molecule has 0 bridgehead atoms. The second-order valence-corrected chi connectivity index (χ2v) is 7.12. The number of H-pyrrole nitrogens is 1. The molecule has 0 saturated carbocycles. The lowest BCUT2D eigenvalue weighted by Gasteiger charge is -2.23. The molecule has 0 saturated heterocycles. The standard InChI is InChI=1S/C20H17F2N5O4/c1-10(2)16(11-4-5-13-14(8-11)31-20(21,22)30-13)27-19(29)12-9-15(28)26-18(25-12)17-23-6-3-7-24-17/h3-10,16H,1-2H3,(H,27,29)(H,25,26,28)/t16-/m1/s1. The van der Waals surface area contributed by atoms with Crippen LogP contribution in [0.5, 0.6) is 11.5 Å². The highest BCUT2D eigenvalue weighted by Crippen LogP contribution is 2.42. The van der Waals surface area contributed by atoms with Crippen LogP contribution in [0.25, 0.3) is 11.6 Å². The molecule has 0 unspecified atom stereocenters. The van der Waals surface area contributed by atoms with Gasteiger partial charge in [-0.1, -0.05) is 19.9 Å². The van der Waals surface area contributed by atoms with Gasteiger partial charge in [0.05, 0.1) is 6.04 Å². The van der Waals surface area contributed by atoms with Crippen molar-refractivity contribution < 1.29 is 23.0 Å². The van der Waals surface area contributed by atoms with Crippen molar-refractivity contribution in [2.45, 2.75) is 26.2 Å². The zero-order valence-electron chi connectivity index (χ0n) is 16.4. The second-order valence-electron chi connectivity index (χ2n) is 7.12. The number of halogens is 2. The fourth-order valence-corrected chi connectivity index (χ4v) is 3.11. The van der Waals surface area contributed by atoms with E-state index in [1.807, 2.05) is 13.8 Å². The summed E-state index contributed by atoms with van der Waals surface area (Å²) in [6.45, 7) is 3.69. The quantitative estimate of drug-likeness (QED) is 0.640. The number of alkyl halides is 2. The van der Waals surface area contributed by atoms with Gasteiger partial charge in [0.15, 0.2) is 23.1 Å². The van der Waals surface area contributed by atoms with Crippen molar-refractivity contribution in [2.24, 2.45) is 5.92 Å². The number of rotatable bonds is 5. The largest absolute Gasteiger partial charge is 0.586 e. The summed E-state index contributed by atoms with van der Waals surface area (Å²) in [6.07, 6.45) is -0.775. The van der Waals surface area contributed by atoms with Crippen LogP contribution in [-0.4, -0.2) is 32.1 Å². The van der Waals surface area contributed by atoms with Gasteiger partial charge < -0.3 is 19.8 Å². The van der Waals surface area contributed by atoms with Crippen LogP contribution in [0, 0.1) is 5.92 Å². The van der Waals surface area contributed by atoms with E-state index in [2.05, 4.69) is 34.7 Å². The molecule has 1 atom stereocenters. The first kappa shape index (κ1) is 20.4. The fraction of sp³-hybridized carbons (Fsp3) is 0.250. The Morgan fingerprint density at radius 1 is 1.13 bits per heavy atom. The lowest BCUT2D eigenvalue weighted by atomic mass is 9.95. The molecule has 3 aromatic rings. The van der Waals surface area contributed by atoms with Gasteiger partial charge in [-0.3, -0.25) is 9.59 Å². The zero-order chi connectivity index (χ0) is 22.2. The van der Waals surface area contributed by atoms with E-state index in [9.17, 15) is 18.4 Å². The van der Waals surface area contributed by atoms with Gasteiger partial charge >= 0.3 is 6.29 Å². The number of carbonyl (C=O) groups is 1. The lowest BCUT2D eigenvalue weighted by Crippen LogP contribution is -2.33. The summed E-state index contributed by atoms with van der Waals surface area (Å²) in [6, 6.07) is 6.38. The van der Waals surface area contributed by atoms with E-state index >= 15 is 0 Å². The molecule has 2 aromatic heterocycles. The minimum absolute atomic E-state index is 0.0460. The molecule has 1 aliphatic rings. The number of hydrogen-bond acceptors (Lipinski definition) is 7. The van der Waals surface area contributed by atoms with E-state index < -0.39 is 23.8 Å². The second kappa shape index (κ2) is 7.74. The summed E-state index contributed by atoms with van der Waals surface area (Å²) in [5, 5.41) is 2.79. The molecule has 160 valence electrons. The third-order valence-electron chi connectivity index (χ3n) is 4.49. The van der Waals surface area contributed by atoms with Crippen LogP contribution in [0.4, 0.5) is 8.78 Å². The van der Waals surface area contributed by atoms with E-state index in [-0.39, 0.29) is 34.8 Å². The molecule has 2 N–H and O–H groups in total. The Kier molecular flexibility index (Phi) is 5.09. The Bertz CT molecular complexity index is 1180. The van der Waals surface area contributed by atoms with Crippen molar-refractivity contribution in [1.29, 1.82) is 0 Å². The number of aromatic nitrogens is 4. The minimum atomic E-state index is -3.73. The third kappa shape index (κ3) is 4.34. The highest BCUT2D eigenvalue weighted by Gasteiger charge is 2.43. The molecule has 1 aromatic carbocycles. The predicted molar refractivity (Wildman–Crippen MR) is 104 cm³/mol. The maximum absolute atomic E-state index is 13.3. The molecule has 9 nitrogen and oxygen atoms in total. The van der Waals surface area contributed by atoms with E-state index in [1.165, 1.54) is 24.5 Å². The van der Waals surface area contributed by atoms with Gasteiger partial charge in [0.1, 0.15) is 5.69 Å². The maximum Gasteiger partial charge on any atom is 0.586 e. The Balaban J connectivity index is 1.61. The van der Waals surface area contributed by atoms with E-state index in [4.69, 9.17) is 0 Å². The number of fused-ring (bicyclic) bond motifs is 1. The van der Waals surface area contributed by atoms with Crippen molar-refractivity contribution >= 4 is 5.91 Å². The van der Waals surface area contributed by atoms with Crippen LogP contribution in [0.3, 0.4) is 0 Å². The van der Waals surface area contributed by atoms with Gasteiger partial charge in [-0.05, 0) is 29.7 Å². The van der Waals surface area contributed by atoms with Crippen molar-refractivity contribution in [1.82, 2.24) is 25.3 Å². The van der Waals surface area contributed by atoms with Crippen molar-refractivity contribution in [3.8, 4) is 23.1 Å². The highest BCUT2D eigenvalue weighted by atomic mass is 19.3. The predicted octanol–water partition coefficient (Wildman–Crippen LogP) is 2.68. The highest BCUT2D eigenvalue weighted by molar-refractivity contribution is 5.92.